The van der Waals surface area contributed by atoms with Gasteiger partial charge in [0.1, 0.15) is 18.1 Å². The molecule has 1 heterocycles. The van der Waals surface area contributed by atoms with E-state index >= 15 is 0 Å². The number of nitrogens with one attached hydrogen (secondary N) is 4. The number of aromatic amines is 1. The van der Waals surface area contributed by atoms with Crippen LogP contribution in [0.1, 0.15) is 44.1 Å². The van der Waals surface area contributed by atoms with Crippen LogP contribution >= 0.6 is 0 Å². The molecule has 2 rings (SSSR count). The number of para-hydroxylation sites is 1. The molecule has 0 aliphatic rings. The summed E-state index contributed by atoms with van der Waals surface area (Å²) < 4.78 is 0. The topological polar surface area (TPSA) is 273 Å². The third-order valence-corrected chi connectivity index (χ3v) is 6.33. The second-order valence-corrected chi connectivity index (χ2v) is 9.58. The molecule has 15 heteroatoms. The lowest BCUT2D eigenvalue weighted by Gasteiger charge is -2.25. The van der Waals surface area contributed by atoms with Crippen molar-refractivity contribution in [3.63, 3.8) is 0 Å². The van der Waals surface area contributed by atoms with Gasteiger partial charge in [-0.25, -0.2) is 4.79 Å². The second kappa shape index (κ2) is 15.9. The first-order valence-corrected chi connectivity index (χ1v) is 13.1. The summed E-state index contributed by atoms with van der Waals surface area (Å²) in [5.41, 5.74) is 18.5. The molecular formula is C26H37N7O8. The van der Waals surface area contributed by atoms with E-state index in [9.17, 15) is 33.9 Å². The maximum absolute atomic E-state index is 13.1. The van der Waals surface area contributed by atoms with Crippen LogP contribution in [0.15, 0.2) is 30.5 Å². The fourth-order valence-corrected chi connectivity index (χ4v) is 4.15. The number of aliphatic carboxylic acids is 2. The van der Waals surface area contributed by atoms with Gasteiger partial charge in [-0.1, -0.05) is 18.2 Å². The number of hydrogen-bond acceptors (Lipinski definition) is 8. The number of carboxylic acid groups (broad SMARTS) is 2. The van der Waals surface area contributed by atoms with Crippen molar-refractivity contribution in [2.75, 3.05) is 6.54 Å². The van der Waals surface area contributed by atoms with Crippen LogP contribution in [0.3, 0.4) is 0 Å². The summed E-state index contributed by atoms with van der Waals surface area (Å²) in [7, 11) is 0. The van der Waals surface area contributed by atoms with Gasteiger partial charge in [0.05, 0.1) is 12.5 Å². The van der Waals surface area contributed by atoms with E-state index in [2.05, 4.69) is 20.9 Å². The molecule has 12 N–H and O–H groups in total. The molecule has 4 unspecified atom stereocenters. The van der Waals surface area contributed by atoms with Crippen molar-refractivity contribution < 1.29 is 39.0 Å². The largest absolute Gasteiger partial charge is 0.481 e. The minimum Gasteiger partial charge on any atom is -0.481 e. The number of primary amides is 1. The molecule has 0 fully saturated rings. The van der Waals surface area contributed by atoms with Crippen LogP contribution < -0.4 is 33.2 Å². The summed E-state index contributed by atoms with van der Waals surface area (Å²) in [6.07, 6.45) is 1.29. The van der Waals surface area contributed by atoms with Crippen molar-refractivity contribution in [1.29, 1.82) is 0 Å². The van der Waals surface area contributed by atoms with E-state index in [4.69, 9.17) is 22.3 Å². The summed E-state index contributed by atoms with van der Waals surface area (Å²) in [5.74, 6) is -6.13. The normalized spacial score (nSPS) is 13.9. The molecule has 0 bridgehead atoms. The summed E-state index contributed by atoms with van der Waals surface area (Å²) in [6, 6.07) is 2.06. The van der Waals surface area contributed by atoms with Gasteiger partial charge in [-0.05, 0) is 50.3 Å². The molecule has 1 aromatic heterocycles. The smallest absolute Gasteiger partial charge is 0.326 e. The van der Waals surface area contributed by atoms with Gasteiger partial charge in [-0.15, -0.1) is 0 Å². The van der Waals surface area contributed by atoms with Crippen LogP contribution in [-0.4, -0.2) is 81.5 Å². The minimum atomic E-state index is -1.52. The molecule has 1 aromatic carbocycles. The van der Waals surface area contributed by atoms with Crippen molar-refractivity contribution in [2.45, 2.75) is 69.1 Å². The first kappa shape index (κ1) is 32.7. The number of fused-ring (bicyclic) bond motifs is 1. The zero-order valence-corrected chi connectivity index (χ0v) is 22.4. The molecule has 0 spiro atoms. The highest BCUT2D eigenvalue weighted by molar-refractivity contribution is 5.96. The Labute approximate surface area is 235 Å². The summed E-state index contributed by atoms with van der Waals surface area (Å²) in [4.78, 5) is 76.1. The highest BCUT2D eigenvalue weighted by Crippen LogP contribution is 2.19. The number of carbonyl (C=O) groups excluding carboxylic acids is 4. The fourth-order valence-electron chi connectivity index (χ4n) is 4.15. The molecule has 4 atom stereocenters. The predicted molar refractivity (Wildman–Crippen MR) is 147 cm³/mol. The number of amides is 4. The molecule has 41 heavy (non-hydrogen) atoms. The van der Waals surface area contributed by atoms with Gasteiger partial charge in [-0.3, -0.25) is 24.0 Å². The van der Waals surface area contributed by atoms with E-state index in [0.717, 1.165) is 16.5 Å². The van der Waals surface area contributed by atoms with E-state index in [1.54, 1.807) is 6.20 Å². The summed E-state index contributed by atoms with van der Waals surface area (Å²) in [6.45, 7) is 0.299. The molecule has 0 radical (unpaired) electrons. The number of nitrogens with two attached hydrogens (primary N) is 3. The first-order valence-electron chi connectivity index (χ1n) is 13.1. The second-order valence-electron chi connectivity index (χ2n) is 9.58. The van der Waals surface area contributed by atoms with Crippen molar-refractivity contribution in [3.05, 3.63) is 36.0 Å². The van der Waals surface area contributed by atoms with Crippen LogP contribution in [0.4, 0.5) is 0 Å². The molecule has 0 aliphatic carbocycles. The SMILES string of the molecule is NCCCCC(NC(=O)C(CC(N)=O)NC(=O)C(N)Cc1c[nH]c2ccccc12)C(=O)NC(CCC(=O)O)C(=O)O. The molecule has 0 saturated carbocycles. The Hall–Kier alpha value is -4.50. The molecule has 4 amide bonds. The van der Waals surface area contributed by atoms with Gasteiger partial charge in [0.15, 0.2) is 0 Å². The first-order chi connectivity index (χ1) is 19.4. The standard InChI is InChI=1S/C26H37N7O8/c27-10-4-3-7-18(24(38)32-19(26(40)41)8-9-22(35)36)31-25(39)20(12-21(29)34)33-23(37)16(28)11-14-13-30-17-6-2-1-5-15(14)17/h1-2,5-6,13,16,18-20,30H,3-4,7-12,27-28H2,(H2,29,34)(H,31,39)(H,32,38)(H,33,37)(H,35,36)(H,40,41). The lowest BCUT2D eigenvalue weighted by Crippen LogP contribution is -2.57. The van der Waals surface area contributed by atoms with E-state index in [-0.39, 0.29) is 19.3 Å². The summed E-state index contributed by atoms with van der Waals surface area (Å²) in [5, 5.41) is 26.2. The average molecular weight is 576 g/mol. The van der Waals surface area contributed by atoms with Gasteiger partial charge in [0, 0.05) is 23.5 Å². The lowest BCUT2D eigenvalue weighted by atomic mass is 10.0. The molecule has 2 aromatic rings. The van der Waals surface area contributed by atoms with Crippen LogP contribution in [0.2, 0.25) is 0 Å². The lowest BCUT2D eigenvalue weighted by molar-refractivity contribution is -0.143. The van der Waals surface area contributed by atoms with Crippen LogP contribution in [-0.2, 0) is 35.2 Å². The van der Waals surface area contributed by atoms with Gasteiger partial charge < -0.3 is 48.3 Å². The van der Waals surface area contributed by atoms with Gasteiger partial charge in [-0.2, -0.15) is 0 Å². The Morgan fingerprint density at radius 2 is 1.49 bits per heavy atom. The number of rotatable bonds is 18. The quantitative estimate of drug-likeness (QED) is 0.0922. The Morgan fingerprint density at radius 3 is 2.12 bits per heavy atom. The van der Waals surface area contributed by atoms with E-state index < -0.39 is 72.6 Å². The number of hydrogen-bond donors (Lipinski definition) is 9. The maximum Gasteiger partial charge on any atom is 0.326 e. The Balaban J connectivity index is 2.13. The van der Waals surface area contributed by atoms with Crippen molar-refractivity contribution in [1.82, 2.24) is 20.9 Å². The Morgan fingerprint density at radius 1 is 0.854 bits per heavy atom. The van der Waals surface area contributed by atoms with Gasteiger partial charge in [0.25, 0.3) is 0 Å². The maximum atomic E-state index is 13.1. The zero-order valence-electron chi connectivity index (χ0n) is 22.4. The predicted octanol–water partition coefficient (Wildman–Crippen LogP) is -1.55. The molecule has 224 valence electrons. The number of H-pyrrole nitrogens is 1. The van der Waals surface area contributed by atoms with Gasteiger partial charge in [0.2, 0.25) is 23.6 Å². The number of carboxylic acids is 2. The van der Waals surface area contributed by atoms with Crippen molar-refractivity contribution in [2.24, 2.45) is 17.2 Å². The summed E-state index contributed by atoms with van der Waals surface area (Å²) >= 11 is 0. The number of aromatic nitrogens is 1. The number of unbranched alkanes of at least 4 members (excludes halogenated alkanes) is 1. The number of benzene rings is 1. The fraction of sp³-hybridized carbons (Fsp3) is 0.462. The minimum absolute atomic E-state index is 0.0529. The number of carbonyl (C=O) groups is 6. The molecule has 0 aliphatic heterocycles. The van der Waals surface area contributed by atoms with Crippen molar-refractivity contribution >= 4 is 46.5 Å². The molecule has 15 nitrogen and oxygen atoms in total. The average Bonchev–Trinajstić information content (AvgIpc) is 3.31. The van der Waals surface area contributed by atoms with Gasteiger partial charge >= 0.3 is 11.9 Å². The van der Waals surface area contributed by atoms with E-state index in [1.165, 1.54) is 0 Å². The molecular weight excluding hydrogens is 538 g/mol. The highest BCUT2D eigenvalue weighted by atomic mass is 16.4. The van der Waals surface area contributed by atoms with Crippen molar-refractivity contribution in [3.8, 4) is 0 Å². The van der Waals surface area contributed by atoms with Crippen LogP contribution in [0.25, 0.3) is 10.9 Å². The Kier molecular flexibility index (Phi) is 12.7. The van der Waals surface area contributed by atoms with E-state index in [1.807, 2.05) is 24.3 Å². The zero-order chi connectivity index (χ0) is 30.5. The van der Waals surface area contributed by atoms with E-state index in [0.29, 0.717) is 19.4 Å². The van der Waals surface area contributed by atoms with Crippen LogP contribution in [0, 0.1) is 0 Å². The monoisotopic (exact) mass is 575 g/mol. The molecule has 0 saturated heterocycles. The third-order valence-electron chi connectivity index (χ3n) is 6.33. The van der Waals surface area contributed by atoms with Crippen LogP contribution in [0.5, 0.6) is 0 Å². The highest BCUT2D eigenvalue weighted by Gasteiger charge is 2.31. The third kappa shape index (κ3) is 10.5. The Bertz CT molecular complexity index is 1250.